The highest BCUT2D eigenvalue weighted by Crippen LogP contribution is 2.55. The number of benzene rings is 3. The predicted octanol–water partition coefficient (Wildman–Crippen LogP) is 2.81. The Bertz CT molecular complexity index is 1690. The lowest BCUT2D eigenvalue weighted by atomic mass is 9.59. The van der Waals surface area contributed by atoms with Crippen molar-refractivity contribution in [3.8, 4) is 0 Å². The van der Waals surface area contributed by atoms with Gasteiger partial charge in [-0.05, 0) is 52.8 Å². The lowest BCUT2D eigenvalue weighted by Crippen LogP contribution is -2.40. The molecule has 0 saturated heterocycles. The van der Waals surface area contributed by atoms with Crippen molar-refractivity contribution in [2.45, 2.75) is 23.2 Å². The number of aryl methyl sites for hydroxylation is 2. The minimum atomic E-state index is -3.83. The van der Waals surface area contributed by atoms with Crippen molar-refractivity contribution in [2.75, 3.05) is 6.54 Å². The lowest BCUT2D eigenvalue weighted by Gasteiger charge is -2.45. The van der Waals surface area contributed by atoms with Crippen LogP contribution < -0.4 is 15.8 Å². The molecule has 3 aromatic carbocycles. The molecule has 1 aromatic heterocycles. The van der Waals surface area contributed by atoms with Crippen LogP contribution in [-0.2, 0) is 24.1 Å². The van der Waals surface area contributed by atoms with Crippen LogP contribution in [0.5, 0.6) is 0 Å². The average Bonchev–Trinajstić information content (AvgIpc) is 2.89. The molecule has 35 heavy (non-hydrogen) atoms. The quantitative estimate of drug-likeness (QED) is 0.448. The molecule has 7 rings (SSSR count). The molecule has 0 spiro atoms. The second-order valence-electron chi connectivity index (χ2n) is 9.51. The summed E-state index contributed by atoms with van der Waals surface area (Å²) >= 11 is 0. The van der Waals surface area contributed by atoms with Crippen LogP contribution in [0.1, 0.15) is 40.5 Å². The number of sulfonamides is 1. The first-order valence-electron chi connectivity index (χ1n) is 11.6. The SMILES string of the molecule is Cn1c(=O)c(=O)n(C)c2cc(S(=O)(=O)NCC3CC4c5ccccc5C3c3ccccc34)ccc21. The fourth-order valence-corrected chi connectivity index (χ4v) is 7.10. The van der Waals surface area contributed by atoms with Crippen LogP contribution in [-0.4, -0.2) is 24.1 Å². The fraction of sp³-hybridized carbons (Fsp3) is 0.259. The molecule has 7 nitrogen and oxygen atoms in total. The summed E-state index contributed by atoms with van der Waals surface area (Å²) in [6.45, 7) is 0.316. The van der Waals surface area contributed by atoms with Crippen LogP contribution >= 0.6 is 0 Å². The maximum absolute atomic E-state index is 13.3. The van der Waals surface area contributed by atoms with E-state index in [1.165, 1.54) is 57.6 Å². The third-order valence-corrected chi connectivity index (χ3v) is 9.15. The summed E-state index contributed by atoms with van der Waals surface area (Å²) in [6, 6.07) is 21.5. The number of hydrogen-bond donors (Lipinski definition) is 1. The van der Waals surface area contributed by atoms with Crippen molar-refractivity contribution in [1.82, 2.24) is 13.9 Å². The van der Waals surface area contributed by atoms with Crippen molar-refractivity contribution in [3.63, 3.8) is 0 Å². The zero-order valence-electron chi connectivity index (χ0n) is 19.4. The fourth-order valence-electron chi connectivity index (χ4n) is 5.99. The van der Waals surface area contributed by atoms with E-state index in [2.05, 4.69) is 53.3 Å². The van der Waals surface area contributed by atoms with Crippen molar-refractivity contribution < 1.29 is 8.42 Å². The molecule has 4 aromatic rings. The van der Waals surface area contributed by atoms with E-state index in [0.717, 1.165) is 6.42 Å². The van der Waals surface area contributed by atoms with Crippen molar-refractivity contribution in [2.24, 2.45) is 20.0 Å². The van der Waals surface area contributed by atoms with E-state index in [4.69, 9.17) is 0 Å². The minimum Gasteiger partial charge on any atom is -0.305 e. The monoisotopic (exact) mass is 487 g/mol. The van der Waals surface area contributed by atoms with Gasteiger partial charge in [0.1, 0.15) is 0 Å². The molecule has 1 heterocycles. The maximum atomic E-state index is 13.3. The number of rotatable bonds is 4. The van der Waals surface area contributed by atoms with Gasteiger partial charge in [-0.25, -0.2) is 13.1 Å². The van der Waals surface area contributed by atoms with Gasteiger partial charge in [0.2, 0.25) is 10.0 Å². The van der Waals surface area contributed by atoms with Crippen LogP contribution in [0.3, 0.4) is 0 Å². The molecule has 8 heteroatoms. The number of aromatic nitrogens is 2. The molecular weight excluding hydrogens is 462 g/mol. The molecule has 0 amide bonds. The van der Waals surface area contributed by atoms with E-state index < -0.39 is 21.1 Å². The first kappa shape index (κ1) is 22.0. The third kappa shape index (κ3) is 3.24. The Morgan fingerprint density at radius 1 is 0.800 bits per heavy atom. The van der Waals surface area contributed by atoms with Crippen LogP contribution in [0.2, 0.25) is 0 Å². The van der Waals surface area contributed by atoms with Crippen LogP contribution in [0.15, 0.2) is 81.2 Å². The summed E-state index contributed by atoms with van der Waals surface area (Å²) in [7, 11) is -0.846. The molecule has 1 N–H and O–H groups in total. The van der Waals surface area contributed by atoms with E-state index in [9.17, 15) is 18.0 Å². The molecular formula is C27H25N3O4S. The van der Waals surface area contributed by atoms with Gasteiger partial charge in [-0.2, -0.15) is 0 Å². The van der Waals surface area contributed by atoms with Gasteiger partial charge in [0.15, 0.2) is 0 Å². The molecule has 3 aliphatic carbocycles. The average molecular weight is 488 g/mol. The summed E-state index contributed by atoms with van der Waals surface area (Å²) in [5.41, 5.74) is 4.79. The normalized spacial score (nSPS) is 20.6. The molecule has 1 atom stereocenters. The Kier molecular flexibility index (Phi) is 4.88. The van der Waals surface area contributed by atoms with Gasteiger partial charge >= 0.3 is 11.1 Å². The number of nitrogens with zero attached hydrogens (tertiary/aromatic N) is 2. The Labute approximate surface area is 202 Å². The maximum Gasteiger partial charge on any atom is 0.316 e. The highest BCUT2D eigenvalue weighted by Gasteiger charge is 2.43. The van der Waals surface area contributed by atoms with Gasteiger partial charge in [0.05, 0.1) is 15.9 Å². The molecule has 2 bridgehead atoms. The zero-order chi connectivity index (χ0) is 24.5. The van der Waals surface area contributed by atoms with E-state index in [1.54, 1.807) is 6.07 Å². The van der Waals surface area contributed by atoms with Gasteiger partial charge in [0.25, 0.3) is 0 Å². The van der Waals surface area contributed by atoms with E-state index >= 15 is 0 Å². The van der Waals surface area contributed by atoms with Gasteiger partial charge in [0, 0.05) is 32.5 Å². The topological polar surface area (TPSA) is 90.2 Å². The van der Waals surface area contributed by atoms with Crippen LogP contribution in [0.25, 0.3) is 11.0 Å². The first-order chi connectivity index (χ1) is 16.8. The third-order valence-electron chi connectivity index (χ3n) is 7.73. The Morgan fingerprint density at radius 3 is 1.94 bits per heavy atom. The smallest absolute Gasteiger partial charge is 0.305 e. The molecule has 0 aliphatic heterocycles. The first-order valence-corrected chi connectivity index (χ1v) is 13.1. The van der Waals surface area contributed by atoms with E-state index in [-0.39, 0.29) is 22.6 Å². The van der Waals surface area contributed by atoms with Crippen molar-refractivity contribution in [3.05, 3.63) is 110 Å². The largest absolute Gasteiger partial charge is 0.316 e. The van der Waals surface area contributed by atoms with Gasteiger partial charge in [-0.15, -0.1) is 0 Å². The standard InChI is InChI=1S/C27H25N3O4S/c1-29-23-12-11-17(14-24(23)30(2)27(32)26(29)31)35(33,34)28-15-16-13-22-18-7-3-5-9-20(18)25(16)21-10-6-4-8-19(21)22/h3-12,14,16,22,25,28H,13,15H2,1-2H3. The van der Waals surface area contributed by atoms with Crippen molar-refractivity contribution >= 4 is 21.1 Å². The summed E-state index contributed by atoms with van der Waals surface area (Å²) in [6.07, 6.45) is 0.884. The Balaban J connectivity index is 1.34. The van der Waals surface area contributed by atoms with Crippen LogP contribution in [0, 0.1) is 5.92 Å². The zero-order valence-corrected chi connectivity index (χ0v) is 20.2. The predicted molar refractivity (Wildman–Crippen MR) is 134 cm³/mol. The Morgan fingerprint density at radius 2 is 1.34 bits per heavy atom. The number of fused-ring (bicyclic) bond motifs is 2. The molecule has 3 aliphatic rings. The molecule has 0 radical (unpaired) electrons. The Hall–Kier alpha value is -3.49. The summed E-state index contributed by atoms with van der Waals surface area (Å²) in [5, 5.41) is 0. The summed E-state index contributed by atoms with van der Waals surface area (Å²) in [5.74, 6) is 0.533. The second-order valence-corrected chi connectivity index (χ2v) is 11.3. The molecule has 0 fully saturated rings. The van der Waals surface area contributed by atoms with Crippen LogP contribution in [0.4, 0.5) is 0 Å². The van der Waals surface area contributed by atoms with Gasteiger partial charge < -0.3 is 9.13 Å². The molecule has 178 valence electrons. The number of hydrogen-bond acceptors (Lipinski definition) is 4. The van der Waals surface area contributed by atoms with Gasteiger partial charge in [-0.3, -0.25) is 9.59 Å². The van der Waals surface area contributed by atoms with Gasteiger partial charge in [-0.1, -0.05) is 48.5 Å². The highest BCUT2D eigenvalue weighted by atomic mass is 32.2. The summed E-state index contributed by atoms with van der Waals surface area (Å²) < 4.78 is 31.9. The van der Waals surface area contributed by atoms with E-state index in [0.29, 0.717) is 17.6 Å². The molecule has 1 unspecified atom stereocenters. The molecule has 0 saturated carbocycles. The van der Waals surface area contributed by atoms with Crippen molar-refractivity contribution in [1.29, 1.82) is 0 Å². The minimum absolute atomic E-state index is 0.0698. The second kappa shape index (κ2) is 7.76. The highest BCUT2D eigenvalue weighted by molar-refractivity contribution is 7.89. The summed E-state index contributed by atoms with van der Waals surface area (Å²) in [4.78, 5) is 24.4. The lowest BCUT2D eigenvalue weighted by molar-refractivity contribution is 0.355. The van der Waals surface area contributed by atoms with E-state index in [1.807, 2.05) is 0 Å². The number of nitrogens with one attached hydrogen (secondary N) is 1.